The SMILES string of the molecule is O=c1nc([O-])n(Cl)c(=O)[nH]1.[Cl-]. The second kappa shape index (κ2) is 3.40. The van der Waals surface area contributed by atoms with Crippen molar-refractivity contribution in [3.05, 3.63) is 21.0 Å². The predicted molar refractivity (Wildman–Crippen MR) is 29.8 cm³/mol. The third kappa shape index (κ3) is 1.95. The Morgan fingerprint density at radius 3 is 2.55 bits per heavy atom. The second-order valence-electron chi connectivity index (χ2n) is 1.41. The maximum Gasteiger partial charge on any atom is 0.349 e. The van der Waals surface area contributed by atoms with Crippen LogP contribution in [-0.2, 0) is 0 Å². The smallest absolute Gasteiger partial charge is 0.349 e. The van der Waals surface area contributed by atoms with Crippen molar-refractivity contribution in [2.24, 2.45) is 0 Å². The normalized spacial score (nSPS) is 8.82. The van der Waals surface area contributed by atoms with Crippen molar-refractivity contribution in [1.29, 1.82) is 0 Å². The molecule has 0 bridgehead atoms. The lowest BCUT2D eigenvalue weighted by atomic mass is 11.0. The van der Waals surface area contributed by atoms with Crippen LogP contribution in [0.5, 0.6) is 6.01 Å². The van der Waals surface area contributed by atoms with E-state index in [0.717, 1.165) is 0 Å². The number of hydrogen-bond donors (Lipinski definition) is 1. The molecule has 0 fully saturated rings. The number of aromatic nitrogens is 3. The fourth-order valence-electron chi connectivity index (χ4n) is 0.386. The van der Waals surface area contributed by atoms with Gasteiger partial charge in [0.1, 0.15) is 0 Å². The first-order valence-corrected chi connectivity index (χ1v) is 2.51. The Balaban J connectivity index is 0.000001000. The van der Waals surface area contributed by atoms with Gasteiger partial charge in [0, 0.05) is 11.8 Å². The van der Waals surface area contributed by atoms with Gasteiger partial charge >= 0.3 is 11.4 Å². The molecule has 6 nitrogen and oxygen atoms in total. The highest BCUT2D eigenvalue weighted by atomic mass is 35.5. The van der Waals surface area contributed by atoms with Gasteiger partial charge in [-0.2, -0.15) is 9.07 Å². The molecule has 1 N–H and O–H groups in total. The van der Waals surface area contributed by atoms with E-state index < -0.39 is 17.4 Å². The Bertz CT molecular complexity index is 356. The Morgan fingerprint density at radius 1 is 1.55 bits per heavy atom. The van der Waals surface area contributed by atoms with E-state index >= 15 is 0 Å². The van der Waals surface area contributed by atoms with Crippen LogP contribution in [0.1, 0.15) is 0 Å². The van der Waals surface area contributed by atoms with Gasteiger partial charge in [-0.3, -0.25) is 4.98 Å². The first-order chi connectivity index (χ1) is 4.61. The topological polar surface area (TPSA) is 90.8 Å². The minimum Gasteiger partial charge on any atom is -1.00 e. The van der Waals surface area contributed by atoms with Crippen molar-refractivity contribution < 1.29 is 17.5 Å². The molecule has 1 rings (SSSR count). The van der Waals surface area contributed by atoms with Gasteiger partial charge < -0.3 is 17.5 Å². The summed E-state index contributed by atoms with van der Waals surface area (Å²) in [6.45, 7) is 0. The Morgan fingerprint density at radius 2 is 2.09 bits per heavy atom. The summed E-state index contributed by atoms with van der Waals surface area (Å²) in [4.78, 5) is 25.1. The summed E-state index contributed by atoms with van der Waals surface area (Å²) < 4.78 is 0.182. The molecule has 1 heterocycles. The molecule has 0 atom stereocenters. The van der Waals surface area contributed by atoms with Crippen molar-refractivity contribution >= 4 is 11.8 Å². The highest BCUT2D eigenvalue weighted by Gasteiger charge is 1.93. The van der Waals surface area contributed by atoms with Gasteiger partial charge in [-0.25, -0.2) is 9.59 Å². The molecule has 0 saturated heterocycles. The lowest BCUT2D eigenvalue weighted by Crippen LogP contribution is -3.00. The average Bonchev–Trinajstić information content (AvgIpc) is 1.82. The molecule has 1 aromatic heterocycles. The summed E-state index contributed by atoms with van der Waals surface area (Å²) in [6.07, 6.45) is 0. The van der Waals surface area contributed by atoms with Crippen molar-refractivity contribution in [2.45, 2.75) is 0 Å². The molecule has 8 heteroatoms. The first kappa shape index (κ1) is 9.99. The van der Waals surface area contributed by atoms with Crippen molar-refractivity contribution in [3.8, 4) is 6.01 Å². The molecule has 0 spiro atoms. The molecule has 0 aliphatic heterocycles. The van der Waals surface area contributed by atoms with Gasteiger partial charge in [0.15, 0.2) is 0 Å². The number of hydrogen-bond acceptors (Lipinski definition) is 4. The standard InChI is InChI=1S/C3H2ClN3O3.ClH/c4-7-2(9)5-1(8)6-3(7)10;/h(H2,5,6,8,9,10);1H/p-2. The number of nitrogens with one attached hydrogen (secondary N) is 1. The van der Waals surface area contributed by atoms with Crippen LogP contribution in [0.2, 0.25) is 0 Å². The maximum atomic E-state index is 10.4. The molecule has 11 heavy (non-hydrogen) atoms. The highest BCUT2D eigenvalue weighted by Crippen LogP contribution is 1.89. The molecule has 0 aliphatic carbocycles. The average molecular weight is 198 g/mol. The van der Waals surface area contributed by atoms with Gasteiger partial charge in [-0.1, -0.05) is 0 Å². The van der Waals surface area contributed by atoms with Crippen LogP contribution in [0.15, 0.2) is 9.59 Å². The summed E-state index contributed by atoms with van der Waals surface area (Å²) >= 11 is 5.01. The third-order valence-corrected chi connectivity index (χ3v) is 1.06. The fourth-order valence-corrected chi connectivity index (χ4v) is 0.466. The number of rotatable bonds is 0. The number of aromatic amines is 1. The zero-order valence-electron chi connectivity index (χ0n) is 4.88. The zero-order chi connectivity index (χ0) is 7.72. The maximum absolute atomic E-state index is 10.4. The molecule has 1 aromatic rings. The van der Waals surface area contributed by atoms with Gasteiger partial charge in [-0.15, -0.1) is 0 Å². The van der Waals surface area contributed by atoms with Gasteiger partial charge in [0.2, 0.25) is 0 Å². The fraction of sp³-hybridized carbons (Fsp3) is 0. The molecular weight excluding hydrogens is 197 g/mol. The van der Waals surface area contributed by atoms with Crippen LogP contribution >= 0.6 is 11.8 Å². The monoisotopic (exact) mass is 197 g/mol. The van der Waals surface area contributed by atoms with Gasteiger partial charge in [0.05, 0.1) is 6.01 Å². The van der Waals surface area contributed by atoms with Crippen LogP contribution in [0.3, 0.4) is 0 Å². The van der Waals surface area contributed by atoms with Crippen LogP contribution in [-0.4, -0.2) is 14.1 Å². The largest absolute Gasteiger partial charge is 1.00 e. The molecule has 0 unspecified atom stereocenters. The van der Waals surface area contributed by atoms with E-state index in [1.54, 1.807) is 4.98 Å². The summed E-state index contributed by atoms with van der Waals surface area (Å²) in [5.41, 5.74) is -1.97. The summed E-state index contributed by atoms with van der Waals surface area (Å²) in [6, 6.07) is -1.07. The molecule has 0 radical (unpaired) electrons. The van der Waals surface area contributed by atoms with Gasteiger partial charge in [-0.05, 0) is 0 Å². The van der Waals surface area contributed by atoms with Crippen molar-refractivity contribution in [1.82, 2.24) is 14.1 Å². The number of H-pyrrole nitrogens is 1. The molecule has 0 aromatic carbocycles. The Hall–Kier alpha value is -1.01. The minimum atomic E-state index is -1.07. The van der Waals surface area contributed by atoms with E-state index in [4.69, 9.17) is 11.8 Å². The predicted octanol–water partition coefficient (Wildman–Crippen LogP) is -4.99. The summed E-state index contributed by atoms with van der Waals surface area (Å²) in [5, 5.41) is 10.4. The van der Waals surface area contributed by atoms with E-state index in [0.29, 0.717) is 0 Å². The Labute approximate surface area is 71.0 Å². The van der Waals surface area contributed by atoms with Crippen LogP contribution < -0.4 is 28.9 Å². The number of halogens is 2. The summed E-state index contributed by atoms with van der Waals surface area (Å²) in [7, 11) is 0. The molecular formula is C3HCl2N3O3-2. The Kier molecular flexibility index (Phi) is 3.09. The minimum absolute atomic E-state index is 0. The van der Waals surface area contributed by atoms with E-state index in [2.05, 4.69) is 4.98 Å². The quantitative estimate of drug-likeness (QED) is 0.451. The van der Waals surface area contributed by atoms with E-state index in [1.165, 1.54) is 0 Å². The lowest BCUT2D eigenvalue weighted by Gasteiger charge is -2.03. The van der Waals surface area contributed by atoms with Gasteiger partial charge in [0.25, 0.3) is 0 Å². The second-order valence-corrected chi connectivity index (χ2v) is 1.75. The van der Waals surface area contributed by atoms with Crippen LogP contribution in [0, 0.1) is 0 Å². The van der Waals surface area contributed by atoms with Crippen LogP contribution in [0.4, 0.5) is 0 Å². The van der Waals surface area contributed by atoms with Crippen molar-refractivity contribution in [2.75, 3.05) is 0 Å². The summed E-state index contributed by atoms with van der Waals surface area (Å²) in [5.74, 6) is 0. The van der Waals surface area contributed by atoms with Crippen LogP contribution in [0.25, 0.3) is 0 Å². The lowest BCUT2D eigenvalue weighted by molar-refractivity contribution is -0.284. The number of nitrogens with zero attached hydrogens (tertiary/aromatic N) is 2. The molecule has 0 aliphatic rings. The molecule has 62 valence electrons. The zero-order valence-corrected chi connectivity index (χ0v) is 6.39. The molecule has 0 amide bonds. The van der Waals surface area contributed by atoms with Crippen molar-refractivity contribution in [3.63, 3.8) is 0 Å². The van der Waals surface area contributed by atoms with E-state index in [1.807, 2.05) is 0 Å². The third-order valence-electron chi connectivity index (χ3n) is 0.757. The first-order valence-electron chi connectivity index (χ1n) is 2.18. The van der Waals surface area contributed by atoms with E-state index in [-0.39, 0.29) is 16.5 Å². The van der Waals surface area contributed by atoms with E-state index in [9.17, 15) is 14.7 Å². The molecule has 0 saturated carbocycles. The highest BCUT2D eigenvalue weighted by molar-refractivity contribution is 6.15.